The van der Waals surface area contributed by atoms with Crippen LogP contribution in [0.25, 0.3) is 0 Å². The number of ether oxygens (including phenoxy) is 1. The van der Waals surface area contributed by atoms with Gasteiger partial charge in [0.15, 0.2) is 0 Å². The maximum atomic E-state index is 12.9. The third-order valence-corrected chi connectivity index (χ3v) is 5.69. The number of anilines is 1. The summed E-state index contributed by atoms with van der Waals surface area (Å²) in [5, 5.41) is -1.16. The minimum Gasteiger partial charge on any atom is -0.483 e. The van der Waals surface area contributed by atoms with Gasteiger partial charge in [-0.3, -0.25) is 9.59 Å². The summed E-state index contributed by atoms with van der Waals surface area (Å²) in [6, 6.07) is 13.5. The highest BCUT2D eigenvalue weighted by molar-refractivity contribution is 6.67. The molecule has 0 aromatic heterocycles. The number of carbonyl (C=O) groups is 2. The van der Waals surface area contributed by atoms with Crippen LogP contribution < -0.4 is 16.0 Å². The zero-order chi connectivity index (χ0) is 28.8. The number of amides is 1. The highest BCUT2D eigenvalue weighted by atomic mass is 35.5. The number of nitrogens with zero attached hydrogens (tertiary/aromatic N) is 1. The van der Waals surface area contributed by atoms with E-state index in [9.17, 15) is 14.0 Å². The van der Waals surface area contributed by atoms with E-state index in [4.69, 9.17) is 68.2 Å². The van der Waals surface area contributed by atoms with Gasteiger partial charge >= 0.3 is 0 Å². The summed E-state index contributed by atoms with van der Waals surface area (Å²) in [6.45, 7) is 1.93. The van der Waals surface area contributed by atoms with E-state index in [0.29, 0.717) is 31.1 Å². The highest BCUT2D eigenvalue weighted by Gasteiger charge is 2.31. The summed E-state index contributed by atoms with van der Waals surface area (Å²) >= 11 is 11.7. The molecular formula is C24H27B5Cl2FN3O3. The van der Waals surface area contributed by atoms with Crippen molar-refractivity contribution in [1.82, 2.24) is 5.32 Å². The Morgan fingerprint density at radius 3 is 1.97 bits per heavy atom. The van der Waals surface area contributed by atoms with Gasteiger partial charge in [0.1, 0.15) is 21.5 Å². The molecule has 6 nitrogen and oxygen atoms in total. The van der Waals surface area contributed by atoms with E-state index in [1.807, 2.05) is 24.3 Å². The fourth-order valence-electron chi connectivity index (χ4n) is 3.06. The molecule has 1 amide bonds. The predicted octanol–water partition coefficient (Wildman–Crippen LogP) is 1.07. The third kappa shape index (κ3) is 12.2. The van der Waals surface area contributed by atoms with Crippen molar-refractivity contribution < 1.29 is 18.7 Å². The maximum absolute atomic E-state index is 12.9. The van der Waals surface area contributed by atoms with Crippen molar-refractivity contribution in [2.45, 2.75) is 29.4 Å². The fourth-order valence-corrected chi connectivity index (χ4v) is 3.47. The van der Waals surface area contributed by atoms with Crippen LogP contribution in [0.1, 0.15) is 11.1 Å². The van der Waals surface area contributed by atoms with E-state index in [1.54, 1.807) is 12.1 Å². The Kier molecular flexibility index (Phi) is 15.1. The van der Waals surface area contributed by atoms with Crippen LogP contribution in [0.2, 0.25) is 5.11 Å². The van der Waals surface area contributed by atoms with Crippen molar-refractivity contribution in [2.24, 2.45) is 5.73 Å². The van der Waals surface area contributed by atoms with Crippen molar-refractivity contribution in [3.63, 3.8) is 0 Å². The SMILES string of the molecule is NC(Cc1ccc(N(CCCl)CCCl)cc1)C(=O)NCCc1ccc(F)cc1.[B]C([B])([B])C([B])([B])OC=O. The van der Waals surface area contributed by atoms with Crippen molar-refractivity contribution >= 4 is 80.5 Å². The Labute approximate surface area is 240 Å². The monoisotopic (exact) mass is 549 g/mol. The van der Waals surface area contributed by atoms with Crippen LogP contribution in [-0.2, 0) is 27.2 Å². The lowest BCUT2D eigenvalue weighted by Crippen LogP contribution is -2.48. The first-order chi connectivity index (χ1) is 17.8. The highest BCUT2D eigenvalue weighted by Crippen LogP contribution is 2.24. The first kappa shape index (κ1) is 34.0. The van der Waals surface area contributed by atoms with E-state index in [0.717, 1.165) is 29.9 Å². The Balaban J connectivity index is 0.000000612. The second kappa shape index (κ2) is 16.8. The molecule has 0 aliphatic heterocycles. The summed E-state index contributed by atoms with van der Waals surface area (Å²) < 4.78 is 17.0. The zero-order valence-electron chi connectivity index (χ0n) is 21.0. The van der Waals surface area contributed by atoms with Crippen LogP contribution >= 0.6 is 23.2 Å². The number of benzene rings is 2. The molecular weight excluding hydrogens is 522 g/mol. The van der Waals surface area contributed by atoms with Crippen molar-refractivity contribution in [1.29, 1.82) is 0 Å². The van der Waals surface area contributed by atoms with Gasteiger partial charge in [-0.05, 0) is 48.2 Å². The molecule has 0 bridgehead atoms. The number of halogens is 3. The summed E-state index contributed by atoms with van der Waals surface area (Å²) in [4.78, 5) is 24.0. The molecule has 3 N–H and O–H groups in total. The molecule has 0 aliphatic carbocycles. The van der Waals surface area contributed by atoms with E-state index in [-0.39, 0.29) is 18.2 Å². The second-order valence-corrected chi connectivity index (χ2v) is 9.21. The molecule has 1 unspecified atom stereocenters. The lowest BCUT2D eigenvalue weighted by atomic mass is 9.28. The molecule has 2 rings (SSSR count). The standard InChI is InChI=1S/C21H26Cl2FN3O.C3HB5O2/c22-10-13-27(14-11-23)19-7-3-17(4-8-19)15-20(25)21(28)26-12-9-16-1-5-18(24)6-2-16;4-2(5,6)3(7,8)10-1-9/h1-8,20H,9-15,25H2,(H,26,28);1H. The quantitative estimate of drug-likeness (QED) is 0.209. The van der Waals surface area contributed by atoms with Crippen LogP contribution in [0.5, 0.6) is 0 Å². The molecule has 10 radical (unpaired) electrons. The van der Waals surface area contributed by atoms with Gasteiger partial charge in [-0.25, -0.2) is 4.39 Å². The van der Waals surface area contributed by atoms with Gasteiger partial charge in [-0.15, -0.1) is 28.3 Å². The zero-order valence-corrected chi connectivity index (χ0v) is 22.5. The van der Waals surface area contributed by atoms with Gasteiger partial charge in [0, 0.05) is 42.5 Å². The number of hydrogen-bond acceptors (Lipinski definition) is 5. The summed E-state index contributed by atoms with van der Waals surface area (Å²) in [7, 11) is 25.2. The molecule has 0 spiro atoms. The number of nitrogens with two attached hydrogens (primary N) is 1. The number of rotatable bonds is 14. The van der Waals surface area contributed by atoms with Gasteiger partial charge in [0.25, 0.3) is 6.47 Å². The maximum Gasteiger partial charge on any atom is 0.292 e. The molecule has 0 aliphatic rings. The molecule has 192 valence electrons. The van der Waals surface area contributed by atoms with Crippen LogP contribution in [0.3, 0.4) is 0 Å². The Morgan fingerprint density at radius 1 is 1.00 bits per heavy atom. The van der Waals surface area contributed by atoms with E-state index in [1.165, 1.54) is 12.1 Å². The van der Waals surface area contributed by atoms with Gasteiger partial charge in [-0.2, -0.15) is 0 Å². The van der Waals surface area contributed by atoms with Gasteiger partial charge in [0.05, 0.1) is 29.6 Å². The topological polar surface area (TPSA) is 84.7 Å². The first-order valence-corrected chi connectivity index (χ1v) is 12.7. The molecule has 0 heterocycles. The van der Waals surface area contributed by atoms with Gasteiger partial charge in [0.2, 0.25) is 5.91 Å². The number of nitrogens with one attached hydrogen (secondary N) is 1. The van der Waals surface area contributed by atoms with Crippen molar-refractivity contribution in [3.05, 3.63) is 65.5 Å². The Hall–Kier alpha value is -2.03. The van der Waals surface area contributed by atoms with Crippen LogP contribution in [0, 0.1) is 5.82 Å². The van der Waals surface area contributed by atoms with Crippen LogP contribution in [0.15, 0.2) is 48.5 Å². The largest absolute Gasteiger partial charge is 0.483 e. The third-order valence-electron chi connectivity index (χ3n) is 5.35. The molecule has 0 saturated carbocycles. The Morgan fingerprint density at radius 2 is 1.53 bits per heavy atom. The first-order valence-electron chi connectivity index (χ1n) is 11.6. The smallest absolute Gasteiger partial charge is 0.292 e. The lowest BCUT2D eigenvalue weighted by Gasteiger charge is -2.39. The van der Waals surface area contributed by atoms with Crippen molar-refractivity contribution in [3.8, 4) is 0 Å². The molecule has 2 aromatic rings. The van der Waals surface area contributed by atoms with Gasteiger partial charge < -0.3 is 20.7 Å². The fraction of sp³-hybridized carbons (Fsp3) is 0.417. The van der Waals surface area contributed by atoms with E-state index in [2.05, 4.69) is 15.0 Å². The average molecular weight is 549 g/mol. The molecule has 0 fully saturated rings. The number of hydrogen-bond donors (Lipinski definition) is 2. The van der Waals surface area contributed by atoms with E-state index < -0.39 is 16.6 Å². The molecule has 1 atom stereocenters. The van der Waals surface area contributed by atoms with Crippen LogP contribution in [-0.4, -0.2) is 94.4 Å². The second-order valence-electron chi connectivity index (χ2n) is 8.45. The lowest BCUT2D eigenvalue weighted by molar-refractivity contribution is -0.132. The molecule has 14 heteroatoms. The van der Waals surface area contributed by atoms with Gasteiger partial charge in [-0.1, -0.05) is 24.3 Å². The average Bonchev–Trinajstić information content (AvgIpc) is 2.85. The molecule has 38 heavy (non-hydrogen) atoms. The van der Waals surface area contributed by atoms with E-state index >= 15 is 0 Å². The minimum atomic E-state index is -2.05. The molecule has 0 saturated heterocycles. The number of carbonyl (C=O) groups excluding carboxylic acids is 2. The Bertz CT molecular complexity index is 978. The summed E-state index contributed by atoms with van der Waals surface area (Å²) in [6.07, 6.45) is 1.08. The molecule has 2 aromatic carbocycles. The minimum absolute atomic E-state index is 0.0152. The summed E-state index contributed by atoms with van der Waals surface area (Å²) in [5.74, 6) is 0.592. The predicted molar refractivity (Wildman–Crippen MR) is 156 cm³/mol. The normalized spacial score (nSPS) is 12.0. The van der Waals surface area contributed by atoms with Crippen molar-refractivity contribution in [2.75, 3.05) is 36.3 Å². The van der Waals surface area contributed by atoms with Crippen LogP contribution in [0.4, 0.5) is 10.1 Å². The number of alkyl halides is 2. The summed E-state index contributed by atoms with van der Waals surface area (Å²) in [5.41, 5.74) is 9.03.